The highest BCUT2D eigenvalue weighted by molar-refractivity contribution is 4.94. The van der Waals surface area contributed by atoms with Crippen molar-refractivity contribution in [1.29, 1.82) is 0 Å². The Morgan fingerprint density at radius 1 is 1.17 bits per heavy atom. The Balaban J connectivity index is 1.49. The van der Waals surface area contributed by atoms with E-state index in [0.29, 0.717) is 0 Å². The number of unbranched alkanes of at least 4 members (excludes halogenated alkanes) is 1. The van der Waals surface area contributed by atoms with Gasteiger partial charge in [-0.3, -0.25) is 14.9 Å². The summed E-state index contributed by atoms with van der Waals surface area (Å²) >= 11 is 0. The van der Waals surface area contributed by atoms with E-state index in [4.69, 9.17) is 4.52 Å². The molecule has 0 aromatic carbocycles. The fourth-order valence-electron chi connectivity index (χ4n) is 3.00. The molecule has 3 heterocycles. The maximum atomic E-state index is 5.46. The first kappa shape index (κ1) is 17.0. The van der Waals surface area contributed by atoms with E-state index in [-0.39, 0.29) is 6.04 Å². The largest absolute Gasteiger partial charge is 0.338 e. The van der Waals surface area contributed by atoms with Gasteiger partial charge in [0, 0.05) is 32.6 Å². The zero-order valence-corrected chi connectivity index (χ0v) is 14.8. The molecule has 0 bridgehead atoms. The van der Waals surface area contributed by atoms with Gasteiger partial charge >= 0.3 is 0 Å². The van der Waals surface area contributed by atoms with Crippen LogP contribution in [0.2, 0.25) is 0 Å². The normalized spacial score (nSPS) is 18.1. The summed E-state index contributed by atoms with van der Waals surface area (Å²) in [7, 11) is 0. The first-order valence-electron chi connectivity index (χ1n) is 8.82. The summed E-state index contributed by atoms with van der Waals surface area (Å²) < 4.78 is 5.46. The molecule has 0 saturated carbocycles. The van der Waals surface area contributed by atoms with Crippen LogP contribution in [0.4, 0.5) is 0 Å². The predicted molar refractivity (Wildman–Crippen MR) is 89.3 cm³/mol. The van der Waals surface area contributed by atoms with Gasteiger partial charge in [-0.1, -0.05) is 18.5 Å². The van der Waals surface area contributed by atoms with Crippen LogP contribution in [-0.2, 0) is 13.0 Å². The summed E-state index contributed by atoms with van der Waals surface area (Å²) in [5, 5.41) is 11.2. The second-order valence-corrected chi connectivity index (χ2v) is 6.48. The van der Waals surface area contributed by atoms with Gasteiger partial charge in [0.1, 0.15) is 5.82 Å². The molecule has 1 saturated heterocycles. The van der Waals surface area contributed by atoms with E-state index >= 15 is 0 Å². The Morgan fingerprint density at radius 2 is 1.96 bits per heavy atom. The molecule has 2 aromatic heterocycles. The molecule has 1 fully saturated rings. The van der Waals surface area contributed by atoms with Gasteiger partial charge in [-0.25, -0.2) is 4.98 Å². The second-order valence-electron chi connectivity index (χ2n) is 6.48. The van der Waals surface area contributed by atoms with E-state index in [1.165, 1.54) is 0 Å². The number of nitrogens with one attached hydrogen (secondary N) is 1. The maximum absolute atomic E-state index is 5.46. The van der Waals surface area contributed by atoms with Crippen molar-refractivity contribution in [2.24, 2.45) is 0 Å². The van der Waals surface area contributed by atoms with Crippen LogP contribution in [0.5, 0.6) is 0 Å². The third-order valence-electron chi connectivity index (χ3n) is 4.56. The molecular weight excluding hydrogens is 306 g/mol. The third kappa shape index (κ3) is 4.18. The predicted octanol–water partition coefficient (Wildman–Crippen LogP) is 1.72. The van der Waals surface area contributed by atoms with Gasteiger partial charge in [0.05, 0.1) is 12.6 Å². The Kier molecular flexibility index (Phi) is 5.57. The molecule has 8 heteroatoms. The van der Waals surface area contributed by atoms with Crippen LogP contribution in [0.1, 0.15) is 56.1 Å². The lowest BCUT2D eigenvalue weighted by Gasteiger charge is -2.36. The van der Waals surface area contributed by atoms with Crippen LogP contribution in [0.25, 0.3) is 0 Å². The average molecular weight is 333 g/mol. The van der Waals surface area contributed by atoms with Crippen LogP contribution in [0, 0.1) is 6.92 Å². The molecule has 1 atom stereocenters. The molecule has 1 N–H and O–H groups in total. The fraction of sp³-hybridized carbons (Fsp3) is 0.750. The number of piperazine rings is 1. The molecule has 132 valence electrons. The molecule has 2 aromatic rings. The molecule has 0 amide bonds. The highest BCUT2D eigenvalue weighted by Gasteiger charge is 2.26. The molecule has 1 unspecified atom stereocenters. The van der Waals surface area contributed by atoms with Crippen molar-refractivity contribution in [2.75, 3.05) is 26.2 Å². The van der Waals surface area contributed by atoms with Crippen LogP contribution in [0.3, 0.4) is 0 Å². The third-order valence-corrected chi connectivity index (χ3v) is 4.56. The first-order chi connectivity index (χ1) is 11.7. The van der Waals surface area contributed by atoms with Gasteiger partial charge in [-0.05, 0) is 20.3 Å². The summed E-state index contributed by atoms with van der Waals surface area (Å²) in [6.07, 6.45) is 3.15. The quantitative estimate of drug-likeness (QED) is 0.825. The van der Waals surface area contributed by atoms with Crippen LogP contribution >= 0.6 is 0 Å². The number of rotatable bonds is 7. The van der Waals surface area contributed by atoms with Crippen molar-refractivity contribution < 1.29 is 4.52 Å². The molecular formula is C16H27N7O. The molecule has 0 radical (unpaired) electrons. The van der Waals surface area contributed by atoms with Gasteiger partial charge in [-0.2, -0.15) is 10.1 Å². The Morgan fingerprint density at radius 3 is 2.62 bits per heavy atom. The number of aromatic amines is 1. The highest BCUT2D eigenvalue weighted by atomic mass is 16.5. The summed E-state index contributed by atoms with van der Waals surface area (Å²) in [6, 6.07) is 0.167. The molecule has 0 aliphatic carbocycles. The number of hydrogen-bond acceptors (Lipinski definition) is 7. The van der Waals surface area contributed by atoms with Gasteiger partial charge in [-0.15, -0.1) is 0 Å². The summed E-state index contributed by atoms with van der Waals surface area (Å²) in [5.41, 5.74) is 0. The lowest BCUT2D eigenvalue weighted by Crippen LogP contribution is -2.46. The topological polar surface area (TPSA) is 87.0 Å². The van der Waals surface area contributed by atoms with Gasteiger partial charge in [0.25, 0.3) is 0 Å². The molecule has 1 aliphatic rings. The number of hydrogen-bond donors (Lipinski definition) is 1. The molecule has 24 heavy (non-hydrogen) atoms. The lowest BCUT2D eigenvalue weighted by atomic mass is 10.2. The highest BCUT2D eigenvalue weighted by Crippen LogP contribution is 2.20. The summed E-state index contributed by atoms with van der Waals surface area (Å²) in [4.78, 5) is 13.7. The SMILES string of the molecule is CCCCc1noc(C(C)N2CCN(Cc3n[nH]c(C)n3)CC2)n1. The van der Waals surface area contributed by atoms with Gasteiger partial charge in [0.15, 0.2) is 11.6 Å². The number of aryl methyl sites for hydroxylation is 2. The van der Waals surface area contributed by atoms with E-state index in [2.05, 4.69) is 49.0 Å². The molecule has 8 nitrogen and oxygen atoms in total. The number of H-pyrrole nitrogens is 1. The van der Waals surface area contributed by atoms with Crippen molar-refractivity contribution in [3.05, 3.63) is 23.4 Å². The summed E-state index contributed by atoms with van der Waals surface area (Å²) in [6.45, 7) is 11.0. The Bertz CT molecular complexity index is 630. The minimum Gasteiger partial charge on any atom is -0.338 e. The van der Waals surface area contributed by atoms with E-state index < -0.39 is 0 Å². The zero-order valence-electron chi connectivity index (χ0n) is 14.8. The van der Waals surface area contributed by atoms with Crippen molar-refractivity contribution in [3.8, 4) is 0 Å². The van der Waals surface area contributed by atoms with Crippen LogP contribution in [-0.4, -0.2) is 61.3 Å². The molecule has 1 aliphatic heterocycles. The number of aromatic nitrogens is 5. The molecule has 0 spiro atoms. The standard InChI is InChI=1S/C16H27N7O/c1-4-5-6-14-18-16(24-21-14)12(2)23-9-7-22(8-10-23)11-15-17-13(3)19-20-15/h12H,4-11H2,1-3H3,(H,17,19,20). The fourth-order valence-corrected chi connectivity index (χ4v) is 3.00. The Hall–Kier alpha value is -1.80. The minimum atomic E-state index is 0.167. The van der Waals surface area contributed by atoms with Crippen molar-refractivity contribution >= 4 is 0 Å². The van der Waals surface area contributed by atoms with Crippen LogP contribution < -0.4 is 0 Å². The van der Waals surface area contributed by atoms with Crippen molar-refractivity contribution in [2.45, 2.75) is 52.6 Å². The van der Waals surface area contributed by atoms with E-state index in [1.807, 2.05) is 6.92 Å². The second kappa shape index (κ2) is 7.85. The van der Waals surface area contributed by atoms with Crippen molar-refractivity contribution in [1.82, 2.24) is 35.1 Å². The lowest BCUT2D eigenvalue weighted by molar-refractivity contribution is 0.0832. The molecule has 3 rings (SSSR count). The van der Waals surface area contributed by atoms with Gasteiger partial charge in [0.2, 0.25) is 5.89 Å². The Labute approximate surface area is 142 Å². The van der Waals surface area contributed by atoms with E-state index in [1.54, 1.807) is 0 Å². The minimum absolute atomic E-state index is 0.167. The zero-order chi connectivity index (χ0) is 16.9. The smallest absolute Gasteiger partial charge is 0.243 e. The van der Waals surface area contributed by atoms with E-state index in [0.717, 1.165) is 75.4 Å². The van der Waals surface area contributed by atoms with Crippen LogP contribution in [0.15, 0.2) is 4.52 Å². The number of nitrogens with zero attached hydrogens (tertiary/aromatic N) is 6. The van der Waals surface area contributed by atoms with Gasteiger partial charge < -0.3 is 4.52 Å². The van der Waals surface area contributed by atoms with E-state index in [9.17, 15) is 0 Å². The average Bonchev–Trinajstić information content (AvgIpc) is 3.22. The first-order valence-corrected chi connectivity index (χ1v) is 8.82. The maximum Gasteiger partial charge on any atom is 0.243 e. The summed E-state index contributed by atoms with van der Waals surface area (Å²) in [5.74, 6) is 3.30. The van der Waals surface area contributed by atoms with Crippen molar-refractivity contribution in [3.63, 3.8) is 0 Å². The monoisotopic (exact) mass is 333 g/mol.